The minimum Gasteiger partial charge on any atom is -0.495 e. The number of ether oxygens (including phenoxy) is 2. The van der Waals surface area contributed by atoms with Crippen molar-refractivity contribution in [3.8, 4) is 11.6 Å². The van der Waals surface area contributed by atoms with Gasteiger partial charge in [0.15, 0.2) is 5.75 Å². The Balaban J connectivity index is 3.29. The van der Waals surface area contributed by atoms with Crippen LogP contribution in [0.25, 0.3) is 0 Å². The Kier molecular flexibility index (Phi) is 4.18. The van der Waals surface area contributed by atoms with Crippen molar-refractivity contribution in [1.29, 1.82) is 0 Å². The van der Waals surface area contributed by atoms with Gasteiger partial charge in [0.05, 0.1) is 7.11 Å². The maximum atomic E-state index is 12.5. The number of alkyl halides is 6. The van der Waals surface area contributed by atoms with Gasteiger partial charge in [-0.3, -0.25) is 0 Å². The van der Waals surface area contributed by atoms with Crippen LogP contribution in [0.2, 0.25) is 0 Å². The van der Waals surface area contributed by atoms with Gasteiger partial charge < -0.3 is 9.47 Å². The van der Waals surface area contributed by atoms with Crippen LogP contribution in [0.15, 0.2) is 6.20 Å². The number of nitrogens with zero attached hydrogens (tertiary/aromatic N) is 1. The number of halogens is 7. The van der Waals surface area contributed by atoms with Crippen LogP contribution < -0.4 is 9.47 Å². The van der Waals surface area contributed by atoms with Crippen LogP contribution in [-0.4, -0.2) is 18.5 Å². The summed E-state index contributed by atoms with van der Waals surface area (Å²) < 4.78 is 80.8. The van der Waals surface area contributed by atoms with E-state index in [0.29, 0.717) is 0 Å². The zero-order valence-corrected chi connectivity index (χ0v) is 10.6. The summed E-state index contributed by atoms with van der Waals surface area (Å²) in [5, 5.41) is 0. The Morgan fingerprint density at radius 1 is 1.17 bits per heavy atom. The van der Waals surface area contributed by atoms with Crippen LogP contribution in [0, 0.1) is 3.57 Å². The molecule has 3 nitrogen and oxygen atoms in total. The number of methoxy groups -OCH3 is 1. The highest BCUT2D eigenvalue weighted by Crippen LogP contribution is 2.41. The van der Waals surface area contributed by atoms with E-state index in [2.05, 4.69) is 14.5 Å². The standard InChI is InChI=1S/C8H4F6INO2/c1-17-5-3(7(9,10)11)2-16-6(4(5)15)18-8(12,13)14/h2H,1H3. The van der Waals surface area contributed by atoms with Crippen molar-refractivity contribution < 1.29 is 35.8 Å². The lowest BCUT2D eigenvalue weighted by molar-refractivity contribution is -0.276. The van der Waals surface area contributed by atoms with Crippen molar-refractivity contribution in [2.75, 3.05) is 7.11 Å². The molecule has 0 saturated carbocycles. The Hall–Kier alpha value is -0.940. The molecule has 0 aliphatic carbocycles. The summed E-state index contributed by atoms with van der Waals surface area (Å²) in [7, 11) is 0.907. The molecule has 0 unspecified atom stereocenters. The van der Waals surface area contributed by atoms with Gasteiger partial charge in [0.2, 0.25) is 5.88 Å². The van der Waals surface area contributed by atoms with E-state index in [1.807, 2.05) is 0 Å². The van der Waals surface area contributed by atoms with E-state index in [1.54, 1.807) is 0 Å². The van der Waals surface area contributed by atoms with E-state index in [1.165, 1.54) is 22.6 Å². The average Bonchev–Trinajstić information content (AvgIpc) is 2.17. The molecule has 0 bridgehead atoms. The third-order valence-corrected chi connectivity index (χ3v) is 2.62. The van der Waals surface area contributed by atoms with Gasteiger partial charge in [-0.25, -0.2) is 4.98 Å². The van der Waals surface area contributed by atoms with Gasteiger partial charge in [-0.05, 0) is 22.6 Å². The monoisotopic (exact) mass is 387 g/mol. The topological polar surface area (TPSA) is 31.4 Å². The summed E-state index contributed by atoms with van der Waals surface area (Å²) in [6.07, 6.45) is -9.60. The van der Waals surface area contributed by atoms with Gasteiger partial charge in [0.1, 0.15) is 9.13 Å². The number of pyridine rings is 1. The fourth-order valence-electron chi connectivity index (χ4n) is 1.04. The second kappa shape index (κ2) is 4.97. The molecule has 10 heteroatoms. The summed E-state index contributed by atoms with van der Waals surface area (Å²) in [5.41, 5.74) is -1.27. The lowest BCUT2D eigenvalue weighted by atomic mass is 10.2. The van der Waals surface area contributed by atoms with Crippen molar-refractivity contribution >= 4 is 22.6 Å². The molecule has 0 spiro atoms. The molecule has 0 saturated heterocycles. The number of hydrogen-bond donors (Lipinski definition) is 0. The second-order valence-corrected chi connectivity index (χ2v) is 3.95. The fraction of sp³-hybridized carbons (Fsp3) is 0.375. The van der Waals surface area contributed by atoms with Crippen molar-refractivity contribution in [2.24, 2.45) is 0 Å². The molecular weight excluding hydrogens is 383 g/mol. The number of aromatic nitrogens is 1. The van der Waals surface area contributed by atoms with Crippen LogP contribution in [0.3, 0.4) is 0 Å². The molecule has 1 aromatic heterocycles. The molecule has 0 N–H and O–H groups in total. The van der Waals surface area contributed by atoms with E-state index in [-0.39, 0.29) is 6.20 Å². The molecule has 102 valence electrons. The Labute approximate surface area is 110 Å². The molecule has 1 aromatic rings. The summed E-state index contributed by atoms with van der Waals surface area (Å²) in [6.45, 7) is 0. The van der Waals surface area contributed by atoms with E-state index >= 15 is 0 Å². The zero-order chi connectivity index (χ0) is 14.1. The van der Waals surface area contributed by atoms with Gasteiger partial charge >= 0.3 is 12.5 Å². The molecule has 0 aliphatic heterocycles. The highest BCUT2D eigenvalue weighted by atomic mass is 127. The minimum absolute atomic E-state index is 0.224. The Morgan fingerprint density at radius 3 is 2.11 bits per heavy atom. The van der Waals surface area contributed by atoms with Gasteiger partial charge in [-0.2, -0.15) is 13.2 Å². The maximum absolute atomic E-state index is 12.5. The third kappa shape index (κ3) is 3.53. The molecule has 18 heavy (non-hydrogen) atoms. The largest absolute Gasteiger partial charge is 0.574 e. The first-order valence-corrected chi connectivity index (χ1v) is 5.19. The average molecular weight is 387 g/mol. The summed E-state index contributed by atoms with van der Waals surface area (Å²) in [4.78, 5) is 2.99. The van der Waals surface area contributed by atoms with Crippen molar-refractivity contribution in [1.82, 2.24) is 4.98 Å². The second-order valence-electron chi connectivity index (χ2n) is 2.87. The van der Waals surface area contributed by atoms with E-state index < -0.39 is 33.3 Å². The lowest BCUT2D eigenvalue weighted by Crippen LogP contribution is -2.19. The van der Waals surface area contributed by atoms with Crippen molar-refractivity contribution in [2.45, 2.75) is 12.5 Å². The fourth-order valence-corrected chi connectivity index (χ4v) is 1.80. The first kappa shape index (κ1) is 15.1. The normalized spacial score (nSPS) is 12.4. The molecule has 0 aliphatic rings. The molecule has 0 radical (unpaired) electrons. The van der Waals surface area contributed by atoms with Crippen molar-refractivity contribution in [3.05, 3.63) is 15.3 Å². The van der Waals surface area contributed by atoms with Crippen LogP contribution >= 0.6 is 22.6 Å². The minimum atomic E-state index is -5.04. The van der Waals surface area contributed by atoms with Gasteiger partial charge in [0, 0.05) is 6.20 Å². The Bertz CT molecular complexity index is 444. The number of hydrogen-bond acceptors (Lipinski definition) is 3. The smallest absolute Gasteiger partial charge is 0.495 e. The van der Waals surface area contributed by atoms with E-state index in [9.17, 15) is 26.3 Å². The highest BCUT2D eigenvalue weighted by Gasteiger charge is 2.39. The van der Waals surface area contributed by atoms with Gasteiger partial charge in [0.25, 0.3) is 0 Å². The molecule has 0 amide bonds. The van der Waals surface area contributed by atoms with Crippen LogP contribution in [0.1, 0.15) is 5.56 Å². The highest BCUT2D eigenvalue weighted by molar-refractivity contribution is 14.1. The lowest BCUT2D eigenvalue weighted by Gasteiger charge is -2.16. The van der Waals surface area contributed by atoms with Crippen LogP contribution in [0.4, 0.5) is 26.3 Å². The molecule has 0 fully saturated rings. The summed E-state index contributed by atoms with van der Waals surface area (Å²) in [5.74, 6) is -1.76. The first-order chi connectivity index (χ1) is 8.06. The SMILES string of the molecule is COc1c(C(F)(F)F)cnc(OC(F)(F)F)c1I. The predicted octanol–water partition coefficient (Wildman–Crippen LogP) is 3.61. The predicted molar refractivity (Wildman–Crippen MR) is 55.2 cm³/mol. The summed E-state index contributed by atoms with van der Waals surface area (Å²) >= 11 is 1.23. The Morgan fingerprint density at radius 2 is 1.72 bits per heavy atom. The number of rotatable bonds is 2. The summed E-state index contributed by atoms with van der Waals surface area (Å²) in [6, 6.07) is 0. The molecular formula is C8H4F6INO2. The first-order valence-electron chi connectivity index (χ1n) is 4.11. The van der Waals surface area contributed by atoms with Crippen LogP contribution in [-0.2, 0) is 6.18 Å². The van der Waals surface area contributed by atoms with Crippen molar-refractivity contribution in [3.63, 3.8) is 0 Å². The van der Waals surface area contributed by atoms with E-state index in [0.717, 1.165) is 7.11 Å². The van der Waals surface area contributed by atoms with Gasteiger partial charge in [-0.15, -0.1) is 13.2 Å². The van der Waals surface area contributed by atoms with E-state index in [4.69, 9.17) is 0 Å². The zero-order valence-electron chi connectivity index (χ0n) is 8.49. The quantitative estimate of drug-likeness (QED) is 0.574. The molecule has 1 heterocycles. The van der Waals surface area contributed by atoms with Crippen LogP contribution in [0.5, 0.6) is 11.6 Å². The molecule has 0 aromatic carbocycles. The molecule has 1 rings (SSSR count). The van der Waals surface area contributed by atoms with Gasteiger partial charge in [-0.1, -0.05) is 0 Å². The third-order valence-electron chi connectivity index (χ3n) is 1.66. The maximum Gasteiger partial charge on any atom is 0.574 e. The molecule has 0 atom stereocenters.